The molecule has 0 amide bonds. The molecular weight excluding hydrogens is 391 g/mol. The fourth-order valence-electron chi connectivity index (χ4n) is 3.90. The maximum absolute atomic E-state index is 11.2. The summed E-state index contributed by atoms with van der Waals surface area (Å²) in [5.41, 5.74) is 7.59. The Balaban J connectivity index is 0.000000220. The van der Waals surface area contributed by atoms with Gasteiger partial charge in [-0.25, -0.2) is 0 Å². The summed E-state index contributed by atoms with van der Waals surface area (Å²) in [5.74, 6) is -0.842. The summed E-state index contributed by atoms with van der Waals surface area (Å²) in [6.45, 7) is 1.93. The van der Waals surface area contributed by atoms with Gasteiger partial charge in [-0.3, -0.25) is 4.79 Å². The first-order valence-corrected chi connectivity index (χ1v) is 11.4. The number of rotatable bonds is 11. The quantitative estimate of drug-likeness (QED) is 0.273. The summed E-state index contributed by atoms with van der Waals surface area (Å²) in [5, 5.41) is 29.9. The first-order valence-electron chi connectivity index (χ1n) is 11.4. The number of allylic oxidation sites excluding steroid dienone is 2. The lowest BCUT2D eigenvalue weighted by Gasteiger charge is -2.39. The van der Waals surface area contributed by atoms with E-state index in [2.05, 4.69) is 53.9 Å². The van der Waals surface area contributed by atoms with Crippen molar-refractivity contribution in [2.75, 3.05) is 6.54 Å². The van der Waals surface area contributed by atoms with E-state index in [1.165, 1.54) is 24.0 Å². The Morgan fingerprint density at radius 1 is 1.13 bits per heavy atom. The average Bonchev–Trinajstić information content (AvgIpc) is 2.72. The van der Waals surface area contributed by atoms with Crippen LogP contribution in [0.5, 0.6) is 0 Å². The van der Waals surface area contributed by atoms with E-state index in [-0.39, 0.29) is 12.2 Å². The molecular formula is C24H37BN2O4. The topological polar surface area (TPSA) is 116 Å². The Hall–Kier alpha value is -1.93. The molecule has 2 aliphatic carbocycles. The van der Waals surface area contributed by atoms with Crippen LogP contribution in [-0.4, -0.2) is 40.3 Å². The van der Waals surface area contributed by atoms with Crippen LogP contribution in [0.3, 0.4) is 0 Å². The number of nitrogens with two attached hydrogens (primary N) is 1. The fourth-order valence-corrected chi connectivity index (χ4v) is 3.90. The number of benzene rings is 1. The number of nitrogens with one attached hydrogen (secondary N) is 1. The van der Waals surface area contributed by atoms with E-state index >= 15 is 0 Å². The van der Waals surface area contributed by atoms with Gasteiger partial charge in [0.15, 0.2) is 0 Å². The molecule has 2 aliphatic rings. The molecule has 0 saturated heterocycles. The zero-order chi connectivity index (χ0) is 22.5. The van der Waals surface area contributed by atoms with E-state index in [9.17, 15) is 4.79 Å². The number of carboxylic acids is 1. The van der Waals surface area contributed by atoms with E-state index in [0.717, 1.165) is 32.4 Å². The van der Waals surface area contributed by atoms with Gasteiger partial charge < -0.3 is 26.2 Å². The van der Waals surface area contributed by atoms with Gasteiger partial charge in [-0.1, -0.05) is 67.8 Å². The van der Waals surface area contributed by atoms with Crippen molar-refractivity contribution in [1.82, 2.24) is 5.32 Å². The van der Waals surface area contributed by atoms with Crippen molar-refractivity contribution in [3.8, 4) is 0 Å². The number of unbranched alkanes of at least 4 members (excludes halogenated alkanes) is 1. The Morgan fingerprint density at radius 2 is 1.87 bits per heavy atom. The SMILES string of the molecule is C1=CC(CNCc2ccccc2)=CCC1.NC(CCCCB(O)O)(C(=O)O)C1CCC1. The Bertz CT molecular complexity index is 720. The summed E-state index contributed by atoms with van der Waals surface area (Å²) in [4.78, 5) is 11.2. The molecule has 1 unspecified atom stereocenters. The van der Waals surface area contributed by atoms with Crippen LogP contribution in [0.1, 0.15) is 56.9 Å². The molecule has 6 N–H and O–H groups in total. The minimum absolute atomic E-state index is 0.0871. The number of carboxylic acid groups (broad SMARTS) is 1. The van der Waals surface area contributed by atoms with Gasteiger partial charge >= 0.3 is 13.1 Å². The highest BCUT2D eigenvalue weighted by molar-refractivity contribution is 6.40. The smallest absolute Gasteiger partial charge is 0.451 e. The van der Waals surface area contributed by atoms with Crippen molar-refractivity contribution in [2.24, 2.45) is 11.7 Å². The Morgan fingerprint density at radius 3 is 2.42 bits per heavy atom. The first-order chi connectivity index (χ1) is 14.9. The highest BCUT2D eigenvalue weighted by Crippen LogP contribution is 2.37. The van der Waals surface area contributed by atoms with Gasteiger partial charge in [0.1, 0.15) is 5.54 Å². The van der Waals surface area contributed by atoms with E-state index in [1.807, 2.05) is 0 Å². The lowest BCUT2D eigenvalue weighted by Crippen LogP contribution is -2.56. The number of hydrogen-bond donors (Lipinski definition) is 5. The van der Waals surface area contributed by atoms with Gasteiger partial charge in [-0.05, 0) is 55.5 Å². The molecule has 0 aliphatic heterocycles. The van der Waals surface area contributed by atoms with Crippen molar-refractivity contribution in [1.29, 1.82) is 0 Å². The van der Waals surface area contributed by atoms with Gasteiger partial charge in [0.05, 0.1) is 0 Å². The third-order valence-corrected chi connectivity index (χ3v) is 6.11. The number of carbonyl (C=O) groups is 1. The molecule has 0 aromatic heterocycles. The van der Waals surface area contributed by atoms with Gasteiger partial charge in [0.25, 0.3) is 0 Å². The number of aliphatic carboxylic acids is 1. The van der Waals surface area contributed by atoms with Crippen LogP contribution in [0.25, 0.3) is 0 Å². The van der Waals surface area contributed by atoms with Gasteiger partial charge in [-0.15, -0.1) is 0 Å². The van der Waals surface area contributed by atoms with Crippen molar-refractivity contribution in [2.45, 2.75) is 69.8 Å². The standard InChI is InChI=1S/C14H17N.C10H20BNO4/c1-3-7-13(8-4-1)11-15-12-14-9-5-2-6-10-14;12-10(9(13)14,8-4-3-5-8)6-1-2-7-11(15)16/h1,3-5,7-10,15H,2,6,11-12H2;8,15-16H,1-7,12H2,(H,13,14). The van der Waals surface area contributed by atoms with E-state index < -0.39 is 18.6 Å². The second-order valence-corrected chi connectivity index (χ2v) is 8.55. The van der Waals surface area contributed by atoms with Crippen molar-refractivity contribution < 1.29 is 19.9 Å². The Labute approximate surface area is 186 Å². The second kappa shape index (κ2) is 13.5. The lowest BCUT2D eigenvalue weighted by atomic mass is 9.68. The zero-order valence-corrected chi connectivity index (χ0v) is 18.4. The summed E-state index contributed by atoms with van der Waals surface area (Å²) in [6.07, 6.45) is 13.9. The third kappa shape index (κ3) is 8.99. The first kappa shape index (κ1) is 25.3. The van der Waals surface area contributed by atoms with Crippen molar-refractivity contribution >= 4 is 13.1 Å². The molecule has 6 nitrogen and oxygen atoms in total. The summed E-state index contributed by atoms with van der Waals surface area (Å²) >= 11 is 0. The van der Waals surface area contributed by atoms with Gasteiger partial charge in [0.2, 0.25) is 0 Å². The zero-order valence-electron chi connectivity index (χ0n) is 18.4. The van der Waals surface area contributed by atoms with Gasteiger partial charge in [0, 0.05) is 13.1 Å². The molecule has 1 fully saturated rings. The largest absolute Gasteiger partial charge is 0.480 e. The summed E-state index contributed by atoms with van der Waals surface area (Å²) in [6, 6.07) is 10.5. The molecule has 1 aromatic rings. The van der Waals surface area contributed by atoms with E-state index in [4.69, 9.17) is 20.9 Å². The average molecular weight is 428 g/mol. The second-order valence-electron chi connectivity index (χ2n) is 8.55. The maximum atomic E-state index is 11.2. The predicted molar refractivity (Wildman–Crippen MR) is 125 cm³/mol. The minimum atomic E-state index is -1.30. The highest BCUT2D eigenvalue weighted by Gasteiger charge is 2.44. The molecule has 1 aromatic carbocycles. The van der Waals surface area contributed by atoms with Crippen LogP contribution >= 0.6 is 0 Å². The molecule has 0 bridgehead atoms. The maximum Gasteiger partial charge on any atom is 0.451 e. The number of hydrogen-bond acceptors (Lipinski definition) is 5. The molecule has 0 spiro atoms. The fraction of sp³-hybridized carbons (Fsp3) is 0.542. The predicted octanol–water partition coefficient (Wildman–Crippen LogP) is 3.26. The van der Waals surface area contributed by atoms with Crippen LogP contribution < -0.4 is 11.1 Å². The monoisotopic (exact) mass is 428 g/mol. The lowest BCUT2D eigenvalue weighted by molar-refractivity contribution is -0.147. The van der Waals surface area contributed by atoms with Crippen LogP contribution in [0.2, 0.25) is 6.32 Å². The van der Waals surface area contributed by atoms with Crippen molar-refractivity contribution in [3.63, 3.8) is 0 Å². The molecule has 1 saturated carbocycles. The Kier molecular flexibility index (Phi) is 11.0. The molecule has 31 heavy (non-hydrogen) atoms. The van der Waals surface area contributed by atoms with Crippen molar-refractivity contribution in [3.05, 3.63) is 59.7 Å². The molecule has 0 radical (unpaired) electrons. The van der Waals surface area contributed by atoms with E-state index in [0.29, 0.717) is 19.3 Å². The van der Waals surface area contributed by atoms with Crippen LogP contribution in [0, 0.1) is 5.92 Å². The van der Waals surface area contributed by atoms with Crippen LogP contribution in [-0.2, 0) is 11.3 Å². The third-order valence-electron chi connectivity index (χ3n) is 6.11. The van der Waals surface area contributed by atoms with Crippen LogP contribution in [0.4, 0.5) is 0 Å². The normalized spacial score (nSPS) is 17.6. The molecule has 7 heteroatoms. The van der Waals surface area contributed by atoms with Crippen LogP contribution in [0.15, 0.2) is 54.1 Å². The summed E-state index contributed by atoms with van der Waals surface area (Å²) in [7, 11) is -1.30. The molecule has 0 heterocycles. The molecule has 1 atom stereocenters. The van der Waals surface area contributed by atoms with Gasteiger partial charge in [-0.2, -0.15) is 0 Å². The highest BCUT2D eigenvalue weighted by atomic mass is 16.4. The van der Waals surface area contributed by atoms with E-state index in [1.54, 1.807) is 0 Å². The summed E-state index contributed by atoms with van der Waals surface area (Å²) < 4.78 is 0. The minimum Gasteiger partial charge on any atom is -0.480 e. The molecule has 170 valence electrons. The molecule has 3 rings (SSSR count).